The maximum atomic E-state index is 14.3. The number of aromatic nitrogens is 2. The Bertz CT molecular complexity index is 696. The molecule has 2 aliphatic rings. The molecule has 2 aromatic rings. The number of carbonyl (C=O) groups is 1. The molecule has 0 aliphatic heterocycles. The van der Waals surface area contributed by atoms with Crippen molar-refractivity contribution in [1.29, 1.82) is 0 Å². The summed E-state index contributed by atoms with van der Waals surface area (Å²) in [5.41, 5.74) is 0.368. The third-order valence-electron chi connectivity index (χ3n) is 5.09. The second kappa shape index (κ2) is 4.83. The second-order valence-electron chi connectivity index (χ2n) is 6.19. The van der Waals surface area contributed by atoms with E-state index in [0.717, 1.165) is 12.3 Å². The molecule has 2 fully saturated rings. The summed E-state index contributed by atoms with van der Waals surface area (Å²) in [5, 5.41) is 3.01. The van der Waals surface area contributed by atoms with Crippen molar-refractivity contribution < 1.29 is 9.18 Å². The molecule has 0 spiro atoms. The number of amides is 1. The predicted molar refractivity (Wildman–Crippen MR) is 76.5 cm³/mol. The van der Waals surface area contributed by atoms with Crippen LogP contribution < -0.4 is 5.32 Å². The summed E-state index contributed by atoms with van der Waals surface area (Å²) in [4.78, 5) is 16.5. The van der Waals surface area contributed by atoms with E-state index in [1.807, 2.05) is 0 Å². The monoisotopic (exact) mass is 287 g/mol. The minimum absolute atomic E-state index is 0.0948. The summed E-state index contributed by atoms with van der Waals surface area (Å²) < 4.78 is 15.6. The molecule has 4 nitrogen and oxygen atoms in total. The molecule has 0 unspecified atom stereocenters. The van der Waals surface area contributed by atoms with E-state index in [4.69, 9.17) is 0 Å². The summed E-state index contributed by atoms with van der Waals surface area (Å²) in [6, 6.07) is 5.39. The first-order valence-corrected chi connectivity index (χ1v) is 7.67. The molecule has 2 heterocycles. The molecule has 2 aliphatic carbocycles. The van der Waals surface area contributed by atoms with Crippen molar-refractivity contribution >= 4 is 11.6 Å². The minimum atomic E-state index is -0.580. The number of halogens is 1. The van der Waals surface area contributed by atoms with Gasteiger partial charge in [-0.3, -0.25) is 9.20 Å². The van der Waals surface area contributed by atoms with E-state index < -0.39 is 5.95 Å². The highest BCUT2D eigenvalue weighted by Crippen LogP contribution is 2.44. The molecule has 4 rings (SSSR count). The Hall–Kier alpha value is -1.91. The highest BCUT2D eigenvalue weighted by atomic mass is 19.1. The molecule has 21 heavy (non-hydrogen) atoms. The summed E-state index contributed by atoms with van der Waals surface area (Å²) in [7, 11) is 0. The molecule has 1 N–H and O–H groups in total. The number of carbonyl (C=O) groups excluding carboxylic acids is 1. The van der Waals surface area contributed by atoms with Gasteiger partial charge in [0.25, 0.3) is 5.91 Å². The van der Waals surface area contributed by atoms with E-state index >= 15 is 0 Å². The third kappa shape index (κ3) is 2.03. The largest absolute Gasteiger partial charge is 0.348 e. The van der Waals surface area contributed by atoms with E-state index in [1.165, 1.54) is 30.1 Å². The zero-order valence-corrected chi connectivity index (χ0v) is 11.8. The lowest BCUT2D eigenvalue weighted by molar-refractivity contribution is 0.0917. The van der Waals surface area contributed by atoms with Crippen molar-refractivity contribution in [2.45, 2.75) is 38.1 Å². The number of fused-ring (bicyclic) bond motifs is 2. The van der Waals surface area contributed by atoms with Crippen LogP contribution in [0.4, 0.5) is 4.39 Å². The van der Waals surface area contributed by atoms with E-state index in [1.54, 1.807) is 24.4 Å². The Labute approximate surface area is 122 Å². The van der Waals surface area contributed by atoms with Crippen molar-refractivity contribution in [3.05, 3.63) is 36.0 Å². The quantitative estimate of drug-likeness (QED) is 0.923. The van der Waals surface area contributed by atoms with Gasteiger partial charge in [-0.05, 0) is 43.2 Å². The van der Waals surface area contributed by atoms with Crippen molar-refractivity contribution in [3.8, 4) is 0 Å². The Morgan fingerprint density at radius 2 is 2.19 bits per heavy atom. The topological polar surface area (TPSA) is 46.4 Å². The van der Waals surface area contributed by atoms with Crippen LogP contribution in [0.5, 0.6) is 0 Å². The van der Waals surface area contributed by atoms with E-state index in [9.17, 15) is 9.18 Å². The Balaban J connectivity index is 1.58. The predicted octanol–water partition coefficient (Wildman–Crippen LogP) is 2.78. The van der Waals surface area contributed by atoms with Crippen LogP contribution in [0.1, 0.15) is 42.6 Å². The third-order valence-corrected chi connectivity index (χ3v) is 5.09. The SMILES string of the molecule is O=C(N[C@H]1CC[C@@H]2CCC[C@@H]21)c1nc2ccccn2c1F. The molecule has 3 atom stereocenters. The number of hydrogen-bond acceptors (Lipinski definition) is 2. The highest BCUT2D eigenvalue weighted by molar-refractivity contribution is 5.93. The van der Waals surface area contributed by atoms with Crippen LogP contribution in [0.3, 0.4) is 0 Å². The van der Waals surface area contributed by atoms with Gasteiger partial charge in [-0.25, -0.2) is 4.98 Å². The number of pyridine rings is 1. The lowest BCUT2D eigenvalue weighted by atomic mass is 9.97. The number of nitrogens with one attached hydrogen (secondary N) is 1. The number of imidazole rings is 1. The maximum Gasteiger partial charge on any atom is 0.274 e. The lowest BCUT2D eigenvalue weighted by Crippen LogP contribution is -2.38. The van der Waals surface area contributed by atoms with E-state index in [0.29, 0.717) is 11.6 Å². The highest BCUT2D eigenvalue weighted by Gasteiger charge is 2.40. The van der Waals surface area contributed by atoms with Gasteiger partial charge in [0.1, 0.15) is 5.65 Å². The maximum absolute atomic E-state index is 14.3. The molecule has 0 radical (unpaired) electrons. The smallest absolute Gasteiger partial charge is 0.274 e. The number of nitrogens with zero attached hydrogens (tertiary/aromatic N) is 2. The standard InChI is InChI=1S/C16H18FN3O/c17-15-14(19-13-6-1-2-9-20(13)15)16(21)18-12-8-7-10-4-3-5-11(10)12/h1-2,6,9-12H,3-5,7-8H2,(H,18,21)/t10-,11-,12-/m0/s1. The van der Waals surface area contributed by atoms with Crippen molar-refractivity contribution in [2.75, 3.05) is 0 Å². The van der Waals surface area contributed by atoms with Gasteiger partial charge in [-0.15, -0.1) is 0 Å². The first-order chi connectivity index (χ1) is 10.2. The van der Waals surface area contributed by atoms with Gasteiger partial charge in [-0.2, -0.15) is 4.39 Å². The fraction of sp³-hybridized carbons (Fsp3) is 0.500. The van der Waals surface area contributed by atoms with Gasteiger partial charge >= 0.3 is 0 Å². The van der Waals surface area contributed by atoms with Gasteiger partial charge in [0.15, 0.2) is 5.69 Å². The molecular formula is C16H18FN3O. The molecule has 0 bridgehead atoms. The van der Waals surface area contributed by atoms with Gasteiger partial charge in [-0.1, -0.05) is 18.9 Å². The molecule has 5 heteroatoms. The number of rotatable bonds is 2. The Morgan fingerprint density at radius 3 is 3.05 bits per heavy atom. The lowest BCUT2D eigenvalue weighted by Gasteiger charge is -2.19. The van der Waals surface area contributed by atoms with E-state index in [2.05, 4.69) is 10.3 Å². The fourth-order valence-electron chi connectivity index (χ4n) is 4.09. The van der Waals surface area contributed by atoms with Crippen LogP contribution in [-0.4, -0.2) is 21.3 Å². The van der Waals surface area contributed by atoms with Crippen LogP contribution >= 0.6 is 0 Å². The molecule has 0 saturated heterocycles. The molecule has 2 saturated carbocycles. The van der Waals surface area contributed by atoms with Crippen LogP contribution in [0.15, 0.2) is 24.4 Å². The number of hydrogen-bond donors (Lipinski definition) is 1. The van der Waals surface area contributed by atoms with Crippen molar-refractivity contribution in [2.24, 2.45) is 11.8 Å². The van der Waals surface area contributed by atoms with Crippen molar-refractivity contribution in [1.82, 2.24) is 14.7 Å². The van der Waals surface area contributed by atoms with Gasteiger partial charge in [0.2, 0.25) is 5.95 Å². The minimum Gasteiger partial charge on any atom is -0.348 e. The van der Waals surface area contributed by atoms with Gasteiger partial charge in [0.05, 0.1) is 0 Å². The molecule has 110 valence electrons. The van der Waals surface area contributed by atoms with Crippen LogP contribution in [0, 0.1) is 17.8 Å². The Kier molecular flexibility index (Phi) is 2.94. The molecule has 1 amide bonds. The molecular weight excluding hydrogens is 269 g/mol. The van der Waals surface area contributed by atoms with Gasteiger partial charge < -0.3 is 5.32 Å². The van der Waals surface area contributed by atoms with Gasteiger partial charge in [0, 0.05) is 12.2 Å². The molecule has 0 aromatic carbocycles. The van der Waals surface area contributed by atoms with Crippen molar-refractivity contribution in [3.63, 3.8) is 0 Å². The second-order valence-corrected chi connectivity index (χ2v) is 6.19. The van der Waals surface area contributed by atoms with Crippen LogP contribution in [0.25, 0.3) is 5.65 Å². The summed E-state index contributed by atoms with van der Waals surface area (Å²) in [6.45, 7) is 0. The first-order valence-electron chi connectivity index (χ1n) is 7.67. The zero-order chi connectivity index (χ0) is 14.4. The Morgan fingerprint density at radius 1 is 1.29 bits per heavy atom. The van der Waals surface area contributed by atoms with E-state index in [-0.39, 0.29) is 17.6 Å². The first kappa shape index (κ1) is 12.8. The summed E-state index contributed by atoms with van der Waals surface area (Å²) >= 11 is 0. The average Bonchev–Trinajstić information content (AvgIpc) is 3.16. The fourth-order valence-corrected chi connectivity index (χ4v) is 4.09. The molecule has 2 aromatic heterocycles. The zero-order valence-electron chi connectivity index (χ0n) is 11.8. The summed E-state index contributed by atoms with van der Waals surface area (Å²) in [5.74, 6) is 0.369. The average molecular weight is 287 g/mol. The van der Waals surface area contributed by atoms with Crippen LogP contribution in [-0.2, 0) is 0 Å². The van der Waals surface area contributed by atoms with Crippen LogP contribution in [0.2, 0.25) is 0 Å². The summed E-state index contributed by atoms with van der Waals surface area (Å²) in [6.07, 6.45) is 7.49. The normalized spacial score (nSPS) is 28.0.